The van der Waals surface area contributed by atoms with Crippen molar-refractivity contribution in [3.63, 3.8) is 0 Å². The molecule has 6 heteroatoms. The van der Waals surface area contributed by atoms with Crippen LogP contribution in [0.5, 0.6) is 0 Å². The summed E-state index contributed by atoms with van der Waals surface area (Å²) in [7, 11) is 0. The van der Waals surface area contributed by atoms with Crippen LogP contribution >= 0.6 is 15.9 Å². The Labute approximate surface area is 129 Å². The molecule has 1 aromatic carbocycles. The number of amides is 1. The van der Waals surface area contributed by atoms with Crippen LogP contribution in [0.15, 0.2) is 33.2 Å². The van der Waals surface area contributed by atoms with Crippen molar-refractivity contribution in [3.8, 4) is 0 Å². The number of rotatable bonds is 2. The quantitative estimate of drug-likeness (QED) is 0.902. The second-order valence-electron chi connectivity index (χ2n) is 5.22. The first-order chi connectivity index (χ1) is 10.0. The molecule has 2 heterocycles. The van der Waals surface area contributed by atoms with Crippen LogP contribution in [0.1, 0.15) is 23.4 Å². The van der Waals surface area contributed by atoms with Crippen LogP contribution < -0.4 is 0 Å². The van der Waals surface area contributed by atoms with E-state index >= 15 is 0 Å². The molecule has 110 valence electrons. The summed E-state index contributed by atoms with van der Waals surface area (Å²) in [6, 6.07) is 7.23. The molecule has 1 N–H and O–H groups in total. The van der Waals surface area contributed by atoms with Gasteiger partial charge in [0.25, 0.3) is 5.91 Å². The Hall–Kier alpha value is -1.82. The first-order valence-corrected chi connectivity index (χ1v) is 7.55. The van der Waals surface area contributed by atoms with Gasteiger partial charge in [0.15, 0.2) is 5.76 Å². The predicted molar refractivity (Wildman–Crippen MR) is 80.2 cm³/mol. The van der Waals surface area contributed by atoms with E-state index in [1.165, 1.54) is 0 Å². The highest BCUT2D eigenvalue weighted by Crippen LogP contribution is 2.25. The van der Waals surface area contributed by atoms with Gasteiger partial charge in [0.2, 0.25) is 0 Å². The second kappa shape index (κ2) is 5.52. The fourth-order valence-electron chi connectivity index (χ4n) is 2.64. The Kier molecular flexibility index (Phi) is 3.71. The highest BCUT2D eigenvalue weighted by molar-refractivity contribution is 9.10. The topological polar surface area (TPSA) is 70.8 Å². The molecule has 1 aliphatic rings. The van der Waals surface area contributed by atoms with Gasteiger partial charge in [-0.05, 0) is 37.1 Å². The first kappa shape index (κ1) is 14.1. The van der Waals surface area contributed by atoms with Crippen LogP contribution in [0, 0.1) is 5.92 Å². The third-order valence-corrected chi connectivity index (χ3v) is 4.24. The standard InChI is InChI=1S/C15H14BrNO4/c16-11-3-4-12-10(6-11)7-13(21-12)14(18)17-5-1-2-9(8-17)15(19)20/h3-4,6-7,9H,1-2,5,8H2,(H,19,20)/t9-/m1/s1. The molecule has 3 rings (SSSR count). The van der Waals surface area contributed by atoms with E-state index in [9.17, 15) is 9.59 Å². The maximum absolute atomic E-state index is 12.4. The molecule has 1 saturated heterocycles. The lowest BCUT2D eigenvalue weighted by Gasteiger charge is -2.29. The number of benzene rings is 1. The number of halogens is 1. The fraction of sp³-hybridized carbons (Fsp3) is 0.333. The largest absolute Gasteiger partial charge is 0.481 e. The van der Waals surface area contributed by atoms with E-state index in [2.05, 4.69) is 15.9 Å². The monoisotopic (exact) mass is 351 g/mol. The van der Waals surface area contributed by atoms with Gasteiger partial charge in [0.1, 0.15) is 5.58 Å². The first-order valence-electron chi connectivity index (χ1n) is 6.76. The molecule has 2 aromatic rings. The molecule has 1 amide bonds. The molecule has 1 aliphatic heterocycles. The molecule has 0 unspecified atom stereocenters. The molecule has 5 nitrogen and oxygen atoms in total. The number of likely N-dealkylation sites (tertiary alicyclic amines) is 1. The Bertz CT molecular complexity index is 709. The van der Waals surface area contributed by atoms with E-state index in [0.717, 1.165) is 9.86 Å². The van der Waals surface area contributed by atoms with Gasteiger partial charge >= 0.3 is 5.97 Å². The molecular weight excluding hydrogens is 338 g/mol. The van der Waals surface area contributed by atoms with E-state index in [0.29, 0.717) is 25.0 Å². The Morgan fingerprint density at radius 2 is 2.14 bits per heavy atom. The normalized spacial score (nSPS) is 18.9. The molecule has 21 heavy (non-hydrogen) atoms. The lowest BCUT2D eigenvalue weighted by atomic mass is 9.98. The number of furan rings is 1. The number of aliphatic carboxylic acids is 1. The number of piperidine rings is 1. The summed E-state index contributed by atoms with van der Waals surface area (Å²) < 4.78 is 6.49. The van der Waals surface area contributed by atoms with Crippen LogP contribution in [-0.2, 0) is 4.79 Å². The maximum Gasteiger partial charge on any atom is 0.308 e. The van der Waals surface area contributed by atoms with Crippen LogP contribution in [0.3, 0.4) is 0 Å². The summed E-state index contributed by atoms with van der Waals surface area (Å²) in [5.41, 5.74) is 0.647. The minimum Gasteiger partial charge on any atom is -0.481 e. The number of carbonyl (C=O) groups is 2. The predicted octanol–water partition coefficient (Wildman–Crippen LogP) is 3.13. The smallest absolute Gasteiger partial charge is 0.308 e. The molecule has 0 aliphatic carbocycles. The summed E-state index contributed by atoms with van der Waals surface area (Å²) in [6.45, 7) is 0.818. The van der Waals surface area contributed by atoms with E-state index in [4.69, 9.17) is 9.52 Å². The number of hydrogen-bond donors (Lipinski definition) is 1. The molecule has 0 spiro atoms. The minimum absolute atomic E-state index is 0.242. The van der Waals surface area contributed by atoms with Gasteiger partial charge in [-0.25, -0.2) is 0 Å². The molecule has 1 aromatic heterocycles. The molecular formula is C15H14BrNO4. The van der Waals surface area contributed by atoms with Crippen molar-refractivity contribution in [2.45, 2.75) is 12.8 Å². The summed E-state index contributed by atoms with van der Waals surface area (Å²) in [5, 5.41) is 9.93. The molecule has 1 atom stereocenters. The van der Waals surface area contributed by atoms with Gasteiger partial charge in [0.05, 0.1) is 5.92 Å². The van der Waals surface area contributed by atoms with Gasteiger partial charge in [-0.15, -0.1) is 0 Å². The SMILES string of the molecule is O=C(O)[C@@H]1CCCN(C(=O)c2cc3cc(Br)ccc3o2)C1. The lowest BCUT2D eigenvalue weighted by molar-refractivity contribution is -0.143. The van der Waals surface area contributed by atoms with Gasteiger partial charge in [0, 0.05) is 22.9 Å². The number of carboxylic acids is 1. The van der Waals surface area contributed by atoms with Gasteiger partial charge in [-0.1, -0.05) is 15.9 Å². The number of carboxylic acid groups (broad SMARTS) is 1. The van der Waals surface area contributed by atoms with Crippen LogP contribution in [0.4, 0.5) is 0 Å². The summed E-state index contributed by atoms with van der Waals surface area (Å²) in [4.78, 5) is 25.1. The molecule has 0 bridgehead atoms. The van der Waals surface area contributed by atoms with Gasteiger partial charge < -0.3 is 14.4 Å². The zero-order valence-electron chi connectivity index (χ0n) is 11.2. The second-order valence-corrected chi connectivity index (χ2v) is 6.14. The third kappa shape index (κ3) is 2.81. The van der Waals surface area contributed by atoms with Crippen LogP contribution in [0.2, 0.25) is 0 Å². The Morgan fingerprint density at radius 3 is 2.90 bits per heavy atom. The third-order valence-electron chi connectivity index (χ3n) is 3.75. The van der Waals surface area contributed by atoms with Crippen molar-refractivity contribution >= 4 is 38.8 Å². The van der Waals surface area contributed by atoms with Gasteiger partial charge in [-0.2, -0.15) is 0 Å². The number of fused-ring (bicyclic) bond motifs is 1. The van der Waals surface area contributed by atoms with Crippen molar-refractivity contribution in [1.29, 1.82) is 0 Å². The van der Waals surface area contributed by atoms with E-state index in [1.807, 2.05) is 12.1 Å². The van der Waals surface area contributed by atoms with E-state index < -0.39 is 11.9 Å². The molecule has 0 saturated carbocycles. The maximum atomic E-state index is 12.4. The summed E-state index contributed by atoms with van der Waals surface area (Å²) in [5.74, 6) is -1.32. The lowest BCUT2D eigenvalue weighted by Crippen LogP contribution is -2.42. The van der Waals surface area contributed by atoms with Crippen molar-refractivity contribution in [3.05, 3.63) is 34.5 Å². The highest BCUT2D eigenvalue weighted by atomic mass is 79.9. The van der Waals surface area contributed by atoms with Crippen molar-refractivity contribution in [2.75, 3.05) is 13.1 Å². The zero-order valence-corrected chi connectivity index (χ0v) is 12.8. The van der Waals surface area contributed by atoms with E-state index in [1.54, 1.807) is 17.0 Å². The van der Waals surface area contributed by atoms with Gasteiger partial charge in [-0.3, -0.25) is 9.59 Å². The van der Waals surface area contributed by atoms with Crippen molar-refractivity contribution in [2.24, 2.45) is 5.92 Å². The fourth-order valence-corrected chi connectivity index (χ4v) is 3.02. The number of hydrogen-bond acceptors (Lipinski definition) is 3. The summed E-state index contributed by atoms with van der Waals surface area (Å²) in [6.07, 6.45) is 1.32. The summed E-state index contributed by atoms with van der Waals surface area (Å²) >= 11 is 3.38. The Morgan fingerprint density at radius 1 is 1.33 bits per heavy atom. The highest BCUT2D eigenvalue weighted by Gasteiger charge is 2.30. The molecule has 1 fully saturated rings. The Balaban J connectivity index is 1.84. The molecule has 0 radical (unpaired) electrons. The van der Waals surface area contributed by atoms with Crippen molar-refractivity contribution in [1.82, 2.24) is 4.90 Å². The van der Waals surface area contributed by atoms with Crippen LogP contribution in [0.25, 0.3) is 11.0 Å². The van der Waals surface area contributed by atoms with Crippen molar-refractivity contribution < 1.29 is 19.1 Å². The minimum atomic E-state index is -0.846. The number of carbonyl (C=O) groups excluding carboxylic acids is 1. The van der Waals surface area contributed by atoms with E-state index in [-0.39, 0.29) is 18.2 Å². The number of nitrogens with zero attached hydrogens (tertiary/aromatic N) is 1. The average Bonchev–Trinajstić information content (AvgIpc) is 2.89. The van der Waals surface area contributed by atoms with Crippen LogP contribution in [-0.4, -0.2) is 35.0 Å². The average molecular weight is 352 g/mol. The zero-order chi connectivity index (χ0) is 15.0.